The smallest absolute Gasteiger partial charge is 0.322 e. The van der Waals surface area contributed by atoms with Crippen molar-refractivity contribution < 1.29 is 14.3 Å². The Balaban J connectivity index is 3.54. The molecule has 5 nitrogen and oxygen atoms in total. The number of nitrogens with one attached hydrogen (secondary N) is 1. The van der Waals surface area contributed by atoms with Crippen molar-refractivity contribution in [3.8, 4) is 0 Å². The van der Waals surface area contributed by atoms with Gasteiger partial charge in [0.1, 0.15) is 6.04 Å². The largest absolute Gasteiger partial charge is 0.468 e. The van der Waals surface area contributed by atoms with Gasteiger partial charge < -0.3 is 15.0 Å². The fraction of sp³-hybridized carbons (Fsp3) is 0.800. The summed E-state index contributed by atoms with van der Waals surface area (Å²) < 4.78 is 4.55. The van der Waals surface area contributed by atoms with Gasteiger partial charge in [-0.3, -0.25) is 9.59 Å². The van der Waals surface area contributed by atoms with Gasteiger partial charge in [-0.1, -0.05) is 0 Å². The maximum absolute atomic E-state index is 11.2. The number of esters is 1. The second kappa shape index (κ2) is 7.23. The summed E-state index contributed by atoms with van der Waals surface area (Å²) in [5, 5.41) is 2.98. The standard InChI is InChI=1S/C10H20N2O3/c1-8(10(14)15-4)11-7-5-6-9(13)12(2)3/h8,11H,5-7H2,1-4H3. The lowest BCUT2D eigenvalue weighted by molar-refractivity contribution is -0.142. The molecule has 0 aromatic rings. The second-order valence-electron chi connectivity index (χ2n) is 3.59. The van der Waals surface area contributed by atoms with Gasteiger partial charge in [-0.2, -0.15) is 0 Å². The summed E-state index contributed by atoms with van der Waals surface area (Å²) in [6, 6.07) is -0.315. The average molecular weight is 216 g/mol. The lowest BCUT2D eigenvalue weighted by Crippen LogP contribution is -2.35. The Hall–Kier alpha value is -1.10. The van der Waals surface area contributed by atoms with Gasteiger partial charge in [-0.15, -0.1) is 0 Å². The first kappa shape index (κ1) is 13.9. The molecule has 0 aromatic heterocycles. The van der Waals surface area contributed by atoms with E-state index in [1.807, 2.05) is 0 Å². The summed E-state index contributed by atoms with van der Waals surface area (Å²) in [4.78, 5) is 23.7. The molecule has 0 spiro atoms. The Bertz CT molecular complexity index is 217. The van der Waals surface area contributed by atoms with E-state index in [4.69, 9.17) is 0 Å². The van der Waals surface area contributed by atoms with E-state index in [0.717, 1.165) is 6.42 Å². The van der Waals surface area contributed by atoms with Crippen molar-refractivity contribution >= 4 is 11.9 Å². The predicted octanol–water partition coefficient (Wildman–Crippen LogP) is 0.00590. The molecule has 88 valence electrons. The van der Waals surface area contributed by atoms with E-state index >= 15 is 0 Å². The number of rotatable bonds is 6. The molecule has 5 heteroatoms. The van der Waals surface area contributed by atoms with Gasteiger partial charge in [0.25, 0.3) is 0 Å². The van der Waals surface area contributed by atoms with Crippen molar-refractivity contribution in [1.82, 2.24) is 10.2 Å². The van der Waals surface area contributed by atoms with Gasteiger partial charge in [0.15, 0.2) is 0 Å². The van der Waals surface area contributed by atoms with Crippen molar-refractivity contribution in [2.75, 3.05) is 27.7 Å². The Kier molecular flexibility index (Phi) is 6.70. The van der Waals surface area contributed by atoms with Crippen LogP contribution in [0.25, 0.3) is 0 Å². The lowest BCUT2D eigenvalue weighted by Gasteiger charge is -2.12. The van der Waals surface area contributed by atoms with Gasteiger partial charge in [0.05, 0.1) is 7.11 Å². The number of hydrogen-bond acceptors (Lipinski definition) is 4. The summed E-state index contributed by atoms with van der Waals surface area (Å²) >= 11 is 0. The molecule has 1 atom stereocenters. The van der Waals surface area contributed by atoms with E-state index in [1.165, 1.54) is 7.11 Å². The molecule has 0 aliphatic carbocycles. The zero-order chi connectivity index (χ0) is 11.8. The molecule has 1 N–H and O–H groups in total. The van der Waals surface area contributed by atoms with Crippen LogP contribution in [0.5, 0.6) is 0 Å². The maximum atomic E-state index is 11.2. The number of nitrogens with zero attached hydrogens (tertiary/aromatic N) is 1. The molecule has 15 heavy (non-hydrogen) atoms. The normalized spacial score (nSPS) is 12.0. The van der Waals surface area contributed by atoms with Gasteiger partial charge in [0, 0.05) is 20.5 Å². The lowest BCUT2D eigenvalue weighted by atomic mass is 10.2. The molecule has 0 saturated heterocycles. The molecule has 0 rings (SSSR count). The Morgan fingerprint density at radius 3 is 2.47 bits per heavy atom. The SMILES string of the molecule is COC(=O)C(C)NCCCC(=O)N(C)C. The summed E-state index contributed by atoms with van der Waals surface area (Å²) in [6.45, 7) is 2.37. The summed E-state index contributed by atoms with van der Waals surface area (Å²) in [5.74, 6) is -0.184. The Morgan fingerprint density at radius 2 is 2.00 bits per heavy atom. The summed E-state index contributed by atoms with van der Waals surface area (Å²) in [6.07, 6.45) is 1.21. The van der Waals surface area contributed by atoms with E-state index < -0.39 is 0 Å². The molecule has 0 heterocycles. The topological polar surface area (TPSA) is 58.6 Å². The van der Waals surface area contributed by atoms with E-state index in [9.17, 15) is 9.59 Å². The first-order valence-corrected chi connectivity index (χ1v) is 5.00. The number of carbonyl (C=O) groups excluding carboxylic acids is 2. The third-order valence-electron chi connectivity index (χ3n) is 2.07. The molecule has 1 amide bonds. The molecule has 0 saturated carbocycles. The zero-order valence-corrected chi connectivity index (χ0v) is 9.87. The van der Waals surface area contributed by atoms with Crippen molar-refractivity contribution in [2.45, 2.75) is 25.8 Å². The number of carbonyl (C=O) groups is 2. The van der Waals surface area contributed by atoms with E-state index in [-0.39, 0.29) is 17.9 Å². The number of amides is 1. The summed E-state index contributed by atoms with van der Waals surface area (Å²) in [7, 11) is 4.82. The monoisotopic (exact) mass is 216 g/mol. The molecule has 0 radical (unpaired) electrons. The third-order valence-corrected chi connectivity index (χ3v) is 2.07. The van der Waals surface area contributed by atoms with Crippen LogP contribution >= 0.6 is 0 Å². The highest BCUT2D eigenvalue weighted by Crippen LogP contribution is 1.93. The first-order valence-electron chi connectivity index (χ1n) is 5.00. The second-order valence-corrected chi connectivity index (χ2v) is 3.59. The van der Waals surface area contributed by atoms with Crippen LogP contribution in [0.2, 0.25) is 0 Å². The van der Waals surface area contributed by atoms with Crippen molar-refractivity contribution in [3.63, 3.8) is 0 Å². The molecular formula is C10H20N2O3. The minimum absolute atomic E-state index is 0.0996. The number of hydrogen-bond donors (Lipinski definition) is 1. The third kappa shape index (κ3) is 6.06. The van der Waals surface area contributed by atoms with Crippen LogP contribution in [-0.4, -0.2) is 50.6 Å². The first-order chi connectivity index (χ1) is 6.99. The van der Waals surface area contributed by atoms with E-state index in [2.05, 4.69) is 10.1 Å². The van der Waals surface area contributed by atoms with Crippen LogP contribution in [-0.2, 0) is 14.3 Å². The highest BCUT2D eigenvalue weighted by Gasteiger charge is 2.11. The maximum Gasteiger partial charge on any atom is 0.322 e. The molecule has 0 aromatic carbocycles. The van der Waals surface area contributed by atoms with Gasteiger partial charge in [-0.25, -0.2) is 0 Å². The van der Waals surface area contributed by atoms with Crippen LogP contribution in [0.15, 0.2) is 0 Å². The zero-order valence-electron chi connectivity index (χ0n) is 9.87. The average Bonchev–Trinajstić information content (AvgIpc) is 2.22. The summed E-state index contributed by atoms with van der Waals surface area (Å²) in [5.41, 5.74) is 0. The van der Waals surface area contributed by atoms with E-state index in [0.29, 0.717) is 13.0 Å². The molecular weight excluding hydrogens is 196 g/mol. The van der Waals surface area contributed by atoms with Crippen molar-refractivity contribution in [3.05, 3.63) is 0 Å². The van der Waals surface area contributed by atoms with Gasteiger partial charge >= 0.3 is 5.97 Å². The minimum Gasteiger partial charge on any atom is -0.468 e. The Labute approximate surface area is 90.8 Å². The van der Waals surface area contributed by atoms with Crippen molar-refractivity contribution in [1.29, 1.82) is 0 Å². The predicted molar refractivity (Wildman–Crippen MR) is 57.4 cm³/mol. The fourth-order valence-corrected chi connectivity index (χ4v) is 1.04. The van der Waals surface area contributed by atoms with Crippen LogP contribution in [0.4, 0.5) is 0 Å². The molecule has 0 fully saturated rings. The molecule has 0 bridgehead atoms. The minimum atomic E-state index is -0.315. The highest BCUT2D eigenvalue weighted by atomic mass is 16.5. The van der Waals surface area contributed by atoms with Gasteiger partial charge in [0.2, 0.25) is 5.91 Å². The van der Waals surface area contributed by atoms with Gasteiger partial charge in [-0.05, 0) is 19.9 Å². The molecule has 1 unspecified atom stereocenters. The van der Waals surface area contributed by atoms with Crippen molar-refractivity contribution in [2.24, 2.45) is 0 Å². The number of ether oxygens (including phenoxy) is 1. The van der Waals surface area contributed by atoms with Crippen LogP contribution in [0.1, 0.15) is 19.8 Å². The number of methoxy groups -OCH3 is 1. The van der Waals surface area contributed by atoms with Crippen LogP contribution in [0.3, 0.4) is 0 Å². The Morgan fingerprint density at radius 1 is 1.40 bits per heavy atom. The van der Waals surface area contributed by atoms with Crippen LogP contribution < -0.4 is 5.32 Å². The molecule has 0 aliphatic heterocycles. The fourth-order valence-electron chi connectivity index (χ4n) is 1.04. The highest BCUT2D eigenvalue weighted by molar-refractivity contribution is 5.75. The quantitative estimate of drug-likeness (QED) is 0.502. The molecule has 0 aliphatic rings. The van der Waals surface area contributed by atoms with Crippen LogP contribution in [0, 0.1) is 0 Å². The van der Waals surface area contributed by atoms with E-state index in [1.54, 1.807) is 25.9 Å².